The van der Waals surface area contributed by atoms with Gasteiger partial charge >= 0.3 is 0 Å². The first kappa shape index (κ1) is 21.5. The molecule has 1 aliphatic rings. The number of pyridine rings is 1. The lowest BCUT2D eigenvalue weighted by Crippen LogP contribution is -2.44. The van der Waals surface area contributed by atoms with E-state index in [1.54, 1.807) is 0 Å². The van der Waals surface area contributed by atoms with Crippen molar-refractivity contribution in [3.63, 3.8) is 0 Å². The number of aromatic nitrogens is 3. The minimum Gasteiger partial charge on any atom is -0.471 e. The number of hydrogen-bond donors (Lipinski definition) is 1. The van der Waals surface area contributed by atoms with Crippen LogP contribution in [0.4, 0.5) is 5.69 Å². The summed E-state index contributed by atoms with van der Waals surface area (Å²) in [5, 5.41) is 1.57. The van der Waals surface area contributed by atoms with E-state index < -0.39 is 0 Å². The van der Waals surface area contributed by atoms with E-state index >= 15 is 0 Å². The van der Waals surface area contributed by atoms with Crippen LogP contribution in [0, 0.1) is 0 Å². The lowest BCUT2D eigenvalue weighted by Gasteiger charge is -2.34. The summed E-state index contributed by atoms with van der Waals surface area (Å²) in [6.45, 7) is 4.24. The summed E-state index contributed by atoms with van der Waals surface area (Å²) in [6, 6.07) is 19.3. The molecule has 168 valence electrons. The largest absolute Gasteiger partial charge is 0.471 e. The van der Waals surface area contributed by atoms with Gasteiger partial charge in [-0.3, -0.25) is 4.79 Å². The zero-order valence-corrected chi connectivity index (χ0v) is 19.2. The van der Waals surface area contributed by atoms with Gasteiger partial charge in [0, 0.05) is 48.0 Å². The van der Waals surface area contributed by atoms with E-state index in [0.717, 1.165) is 53.2 Å². The second kappa shape index (κ2) is 9.64. The first-order valence-electron chi connectivity index (χ1n) is 10.9. The first-order chi connectivity index (χ1) is 16.2. The molecule has 8 heteroatoms. The van der Waals surface area contributed by atoms with E-state index in [-0.39, 0.29) is 5.56 Å². The summed E-state index contributed by atoms with van der Waals surface area (Å²) in [6.07, 6.45) is 1.87. The van der Waals surface area contributed by atoms with Crippen LogP contribution < -0.4 is 15.2 Å². The van der Waals surface area contributed by atoms with Gasteiger partial charge in [-0.15, -0.1) is 0 Å². The van der Waals surface area contributed by atoms with Crippen LogP contribution in [0.1, 0.15) is 5.56 Å². The lowest BCUT2D eigenvalue weighted by atomic mass is 10.2. The molecule has 4 aromatic rings. The van der Waals surface area contributed by atoms with E-state index in [1.165, 1.54) is 17.8 Å². The number of H-pyrrole nitrogens is 1. The number of benzene rings is 2. The molecule has 1 N–H and O–H groups in total. The Kier molecular flexibility index (Phi) is 6.28. The second-order valence-electron chi connectivity index (χ2n) is 8.05. The van der Waals surface area contributed by atoms with Crippen LogP contribution in [-0.4, -0.2) is 53.1 Å². The smallest absolute Gasteiger partial charge is 0.248 e. The average molecular weight is 460 g/mol. The van der Waals surface area contributed by atoms with E-state index in [2.05, 4.69) is 26.8 Å². The molecule has 1 aliphatic heterocycles. The van der Waals surface area contributed by atoms with Crippen LogP contribution >= 0.6 is 11.8 Å². The maximum atomic E-state index is 11.7. The zero-order valence-electron chi connectivity index (χ0n) is 18.4. The van der Waals surface area contributed by atoms with Gasteiger partial charge in [0.1, 0.15) is 12.3 Å². The molecular formula is C25H25N5O2S. The standard InChI is InChI=1S/C25H25N5O2S/c1-29-12-14-30(15-13-29)21-16-26-25(28-24(21)32-17-18-6-3-2-4-7-18)33-22-9-5-8-20-19(22)10-11-23(31)27-20/h2-11,16H,12-15,17H2,1H3,(H,27,31). The molecule has 33 heavy (non-hydrogen) atoms. The highest BCUT2D eigenvalue weighted by atomic mass is 32.2. The van der Waals surface area contributed by atoms with Gasteiger partial charge in [0.25, 0.3) is 0 Å². The summed E-state index contributed by atoms with van der Waals surface area (Å²) in [4.78, 5) is 29.6. The topological polar surface area (TPSA) is 74.4 Å². The van der Waals surface area contributed by atoms with E-state index in [1.807, 2.05) is 60.8 Å². The maximum absolute atomic E-state index is 11.7. The molecule has 1 saturated heterocycles. The summed E-state index contributed by atoms with van der Waals surface area (Å²) in [7, 11) is 2.14. The molecule has 5 rings (SSSR count). The SMILES string of the molecule is CN1CCN(c2cnc(Sc3cccc4[nH]c(=O)ccc34)nc2OCc2ccccc2)CC1. The third kappa shape index (κ3) is 5.02. The predicted molar refractivity (Wildman–Crippen MR) is 131 cm³/mol. The second-order valence-corrected chi connectivity index (χ2v) is 9.06. The fourth-order valence-electron chi connectivity index (χ4n) is 3.84. The van der Waals surface area contributed by atoms with Gasteiger partial charge in [0.15, 0.2) is 5.16 Å². The van der Waals surface area contributed by atoms with Crippen molar-refractivity contribution in [3.8, 4) is 5.88 Å². The van der Waals surface area contributed by atoms with Crippen LogP contribution in [0.15, 0.2) is 81.7 Å². The van der Waals surface area contributed by atoms with Crippen LogP contribution in [-0.2, 0) is 6.61 Å². The molecule has 3 heterocycles. The number of hydrogen-bond acceptors (Lipinski definition) is 7. The van der Waals surface area contributed by atoms with Gasteiger partial charge in [-0.2, -0.15) is 4.98 Å². The Morgan fingerprint density at radius 1 is 1.00 bits per heavy atom. The molecule has 2 aromatic carbocycles. The van der Waals surface area contributed by atoms with Crippen LogP contribution in [0.3, 0.4) is 0 Å². The molecule has 0 bridgehead atoms. The summed E-state index contributed by atoms with van der Waals surface area (Å²) in [5.74, 6) is 0.592. The highest BCUT2D eigenvalue weighted by molar-refractivity contribution is 7.99. The van der Waals surface area contributed by atoms with Crippen molar-refractivity contribution in [1.82, 2.24) is 19.9 Å². The molecule has 0 radical (unpaired) electrons. The number of aromatic amines is 1. The number of nitrogens with one attached hydrogen (secondary N) is 1. The molecule has 1 fully saturated rings. The Labute approximate surface area is 196 Å². The Morgan fingerprint density at radius 3 is 2.64 bits per heavy atom. The van der Waals surface area contributed by atoms with E-state index in [9.17, 15) is 4.79 Å². The fraction of sp³-hybridized carbons (Fsp3) is 0.240. The first-order valence-corrected chi connectivity index (χ1v) is 11.7. The van der Waals surface area contributed by atoms with Crippen LogP contribution in [0.25, 0.3) is 10.9 Å². The number of ether oxygens (including phenoxy) is 1. The number of likely N-dealkylation sites (N-methyl/N-ethyl adjacent to an activating group) is 1. The van der Waals surface area contributed by atoms with Gasteiger partial charge in [0.05, 0.1) is 6.20 Å². The number of anilines is 1. The third-order valence-electron chi connectivity index (χ3n) is 5.70. The fourth-order valence-corrected chi connectivity index (χ4v) is 4.70. The molecule has 0 amide bonds. The molecule has 0 unspecified atom stereocenters. The normalized spacial score (nSPS) is 14.5. The van der Waals surface area contributed by atoms with Gasteiger partial charge in [-0.05, 0) is 42.6 Å². The van der Waals surface area contributed by atoms with Crippen molar-refractivity contribution in [2.24, 2.45) is 0 Å². The highest BCUT2D eigenvalue weighted by Gasteiger charge is 2.20. The van der Waals surface area contributed by atoms with Crippen molar-refractivity contribution in [2.45, 2.75) is 16.7 Å². The van der Waals surface area contributed by atoms with Gasteiger partial charge in [-0.1, -0.05) is 36.4 Å². The molecule has 0 saturated carbocycles. The zero-order chi connectivity index (χ0) is 22.6. The quantitative estimate of drug-likeness (QED) is 0.440. The minimum atomic E-state index is -0.117. The maximum Gasteiger partial charge on any atom is 0.248 e. The minimum absolute atomic E-state index is 0.117. The average Bonchev–Trinajstić information content (AvgIpc) is 2.84. The third-order valence-corrected chi connectivity index (χ3v) is 6.66. The molecule has 0 aliphatic carbocycles. The molecular weight excluding hydrogens is 434 g/mol. The number of rotatable bonds is 6. The Morgan fingerprint density at radius 2 is 1.82 bits per heavy atom. The van der Waals surface area contributed by atoms with Crippen molar-refractivity contribution in [1.29, 1.82) is 0 Å². The molecule has 7 nitrogen and oxygen atoms in total. The molecule has 2 aromatic heterocycles. The lowest BCUT2D eigenvalue weighted by molar-refractivity contribution is 0.284. The van der Waals surface area contributed by atoms with E-state index in [0.29, 0.717) is 17.6 Å². The van der Waals surface area contributed by atoms with Crippen LogP contribution in [0.2, 0.25) is 0 Å². The van der Waals surface area contributed by atoms with Crippen molar-refractivity contribution >= 4 is 28.4 Å². The molecule has 0 atom stereocenters. The van der Waals surface area contributed by atoms with Crippen LogP contribution in [0.5, 0.6) is 5.88 Å². The predicted octanol–water partition coefficient (Wildman–Crippen LogP) is 3.80. The number of nitrogens with zero attached hydrogens (tertiary/aromatic N) is 4. The van der Waals surface area contributed by atoms with Gasteiger partial charge in [0.2, 0.25) is 11.4 Å². The number of piperazine rings is 1. The van der Waals surface area contributed by atoms with Crippen molar-refractivity contribution in [2.75, 3.05) is 38.1 Å². The highest BCUT2D eigenvalue weighted by Crippen LogP contribution is 2.34. The Balaban J connectivity index is 1.45. The number of fused-ring (bicyclic) bond motifs is 1. The van der Waals surface area contributed by atoms with Gasteiger partial charge in [-0.25, -0.2) is 4.98 Å². The summed E-state index contributed by atoms with van der Waals surface area (Å²) >= 11 is 1.46. The Hall–Kier alpha value is -3.36. The van der Waals surface area contributed by atoms with E-state index in [4.69, 9.17) is 9.72 Å². The van der Waals surface area contributed by atoms with Crippen molar-refractivity contribution < 1.29 is 4.74 Å². The summed E-state index contributed by atoms with van der Waals surface area (Å²) in [5.41, 5.74) is 2.69. The Bertz CT molecular complexity index is 1300. The summed E-state index contributed by atoms with van der Waals surface area (Å²) < 4.78 is 6.22. The van der Waals surface area contributed by atoms with Gasteiger partial charge < -0.3 is 19.5 Å². The van der Waals surface area contributed by atoms with Crippen molar-refractivity contribution in [3.05, 3.63) is 82.8 Å². The monoisotopic (exact) mass is 459 g/mol. The molecule has 0 spiro atoms.